The predicted molar refractivity (Wildman–Crippen MR) is 49.6 cm³/mol. The van der Waals surface area contributed by atoms with Crippen LogP contribution in [0.3, 0.4) is 0 Å². The average Bonchev–Trinajstić information content (AvgIpc) is 2.21. The van der Waals surface area contributed by atoms with Crippen LogP contribution in [0.4, 0.5) is 0 Å². The third kappa shape index (κ3) is 8.11. The summed E-state index contributed by atoms with van der Waals surface area (Å²) in [4.78, 5) is 0. The van der Waals surface area contributed by atoms with Crippen molar-refractivity contribution in [1.29, 1.82) is 0 Å². The van der Waals surface area contributed by atoms with Crippen molar-refractivity contribution in [2.75, 3.05) is 0 Å². The summed E-state index contributed by atoms with van der Waals surface area (Å²) in [5.41, 5.74) is 2.19. The molecule has 0 N–H and O–H groups in total. The summed E-state index contributed by atoms with van der Waals surface area (Å²) < 4.78 is 0. The summed E-state index contributed by atoms with van der Waals surface area (Å²) in [6, 6.07) is 22.1. The molecule has 0 aliphatic heterocycles. The summed E-state index contributed by atoms with van der Waals surface area (Å²) in [7, 11) is 0. The molecule has 0 amide bonds. The van der Waals surface area contributed by atoms with Crippen LogP contribution in [-0.4, -0.2) is 0 Å². The van der Waals surface area contributed by atoms with Crippen LogP contribution < -0.4 is 0 Å². The molecule has 0 fully saturated rings. The van der Waals surface area contributed by atoms with Gasteiger partial charge in [0.15, 0.2) is 0 Å². The quantitative estimate of drug-likeness (QED) is 0.521. The first kappa shape index (κ1) is 23.9. The van der Waals surface area contributed by atoms with Crippen LogP contribution in [0.2, 0.25) is 0 Å². The van der Waals surface area contributed by atoms with Crippen molar-refractivity contribution in [3.63, 3.8) is 0 Å². The monoisotopic (exact) mass is 508 g/mol. The molecular formula is C12H8Y4-2. The van der Waals surface area contributed by atoms with Gasteiger partial charge in [-0.3, -0.25) is 0 Å². The Morgan fingerprint density at radius 1 is 0.562 bits per heavy atom. The van der Waals surface area contributed by atoms with E-state index in [9.17, 15) is 0 Å². The van der Waals surface area contributed by atoms with Gasteiger partial charge in [0.1, 0.15) is 0 Å². The van der Waals surface area contributed by atoms with E-state index in [0.29, 0.717) is 0 Å². The Bertz CT molecular complexity index is 310. The van der Waals surface area contributed by atoms with Crippen molar-refractivity contribution >= 4 is 0 Å². The minimum Gasteiger partial charge on any atom is -0.226 e. The van der Waals surface area contributed by atoms with Crippen LogP contribution in [0.1, 0.15) is 0 Å². The SMILES string of the molecule is [Y].[Y].[Y].[Y].[c-]1ccccc1-c1[c-]cccc1. The Hall–Kier alpha value is 2.86. The molecule has 4 radical (unpaired) electrons. The maximum atomic E-state index is 3.15. The van der Waals surface area contributed by atoms with Gasteiger partial charge in [-0.1, -0.05) is 0 Å². The Morgan fingerprint density at radius 3 is 1.19 bits per heavy atom. The van der Waals surface area contributed by atoms with Gasteiger partial charge in [-0.25, -0.2) is 11.1 Å². The molecule has 70 valence electrons. The number of rotatable bonds is 1. The largest absolute Gasteiger partial charge is 0.226 e. The molecule has 0 unspecified atom stereocenters. The van der Waals surface area contributed by atoms with Gasteiger partial charge in [-0.2, -0.15) is 48.5 Å². The number of hydrogen-bond donors (Lipinski definition) is 0. The zero-order valence-corrected chi connectivity index (χ0v) is 20.3. The first-order valence-corrected chi connectivity index (χ1v) is 3.90. The van der Waals surface area contributed by atoms with Gasteiger partial charge in [0.2, 0.25) is 0 Å². The molecule has 0 atom stereocenters. The van der Waals surface area contributed by atoms with Gasteiger partial charge in [-0.05, 0) is 0 Å². The molecule has 4 heteroatoms. The van der Waals surface area contributed by atoms with E-state index < -0.39 is 0 Å². The van der Waals surface area contributed by atoms with Crippen LogP contribution >= 0.6 is 0 Å². The molecule has 0 heterocycles. The first-order valence-electron chi connectivity index (χ1n) is 3.90. The van der Waals surface area contributed by atoms with E-state index in [-0.39, 0.29) is 131 Å². The van der Waals surface area contributed by atoms with Crippen LogP contribution in [0.25, 0.3) is 11.1 Å². The van der Waals surface area contributed by atoms with Crippen molar-refractivity contribution < 1.29 is 131 Å². The standard InChI is InChI=1S/C12H8.4Y/c1-3-7-11(8-4-1)12-9-5-2-6-10-12;;;;/h1-7,9H;;;;/q-2;;;;. The summed E-state index contributed by atoms with van der Waals surface area (Å²) >= 11 is 0. The molecule has 0 nitrogen and oxygen atoms in total. The van der Waals surface area contributed by atoms with E-state index in [0.717, 1.165) is 11.1 Å². The summed E-state index contributed by atoms with van der Waals surface area (Å²) in [5.74, 6) is 0. The van der Waals surface area contributed by atoms with E-state index in [1.165, 1.54) is 0 Å². The Morgan fingerprint density at radius 2 is 0.938 bits per heavy atom. The molecule has 16 heavy (non-hydrogen) atoms. The maximum absolute atomic E-state index is 3.15. The molecule has 2 rings (SSSR count). The molecule has 0 aliphatic rings. The minimum atomic E-state index is 0. The van der Waals surface area contributed by atoms with Crippen molar-refractivity contribution in [3.8, 4) is 11.1 Å². The molecule has 2 aromatic rings. The molecule has 0 saturated heterocycles. The fourth-order valence-corrected chi connectivity index (χ4v) is 1.12. The molecule has 2 aromatic carbocycles. The zero-order chi connectivity index (χ0) is 8.23. The second kappa shape index (κ2) is 14.3. The minimum absolute atomic E-state index is 0. The Labute approximate surface area is 198 Å². The summed E-state index contributed by atoms with van der Waals surface area (Å²) in [6.07, 6.45) is 0. The van der Waals surface area contributed by atoms with Crippen molar-refractivity contribution in [2.45, 2.75) is 0 Å². The van der Waals surface area contributed by atoms with Crippen LogP contribution in [0.5, 0.6) is 0 Å². The van der Waals surface area contributed by atoms with Gasteiger partial charge in [0.25, 0.3) is 0 Å². The fourth-order valence-electron chi connectivity index (χ4n) is 1.12. The van der Waals surface area contributed by atoms with Crippen LogP contribution in [0.15, 0.2) is 48.5 Å². The second-order valence-corrected chi connectivity index (χ2v) is 2.55. The van der Waals surface area contributed by atoms with Gasteiger partial charge in [0, 0.05) is 131 Å². The van der Waals surface area contributed by atoms with Gasteiger partial charge in [-0.15, -0.1) is 12.1 Å². The van der Waals surface area contributed by atoms with Gasteiger partial charge < -0.3 is 0 Å². The Kier molecular flexibility index (Phi) is 21.3. The molecule has 0 saturated carbocycles. The van der Waals surface area contributed by atoms with E-state index in [1.807, 2.05) is 48.5 Å². The van der Waals surface area contributed by atoms with E-state index >= 15 is 0 Å². The van der Waals surface area contributed by atoms with Crippen molar-refractivity contribution in [2.24, 2.45) is 0 Å². The van der Waals surface area contributed by atoms with E-state index in [2.05, 4.69) is 12.1 Å². The maximum Gasteiger partial charge on any atom is 0 e. The zero-order valence-electron chi connectivity index (χ0n) is 8.93. The van der Waals surface area contributed by atoms with E-state index in [4.69, 9.17) is 0 Å². The topological polar surface area (TPSA) is 0 Å². The normalized spacial score (nSPS) is 7.25. The molecule has 0 aromatic heterocycles. The summed E-state index contributed by atoms with van der Waals surface area (Å²) in [6.45, 7) is 0. The summed E-state index contributed by atoms with van der Waals surface area (Å²) in [5, 5.41) is 0. The third-order valence-corrected chi connectivity index (χ3v) is 1.71. The molecule has 0 aliphatic carbocycles. The molecule has 0 bridgehead atoms. The van der Waals surface area contributed by atoms with Gasteiger partial charge >= 0.3 is 0 Å². The number of hydrogen-bond acceptors (Lipinski definition) is 0. The third-order valence-electron chi connectivity index (χ3n) is 1.71. The van der Waals surface area contributed by atoms with Crippen molar-refractivity contribution in [1.82, 2.24) is 0 Å². The Balaban J connectivity index is -0.000000422. The second-order valence-electron chi connectivity index (χ2n) is 2.55. The van der Waals surface area contributed by atoms with Crippen LogP contribution in [0, 0.1) is 12.1 Å². The molecule has 0 spiro atoms. The van der Waals surface area contributed by atoms with Crippen LogP contribution in [-0.2, 0) is 131 Å². The van der Waals surface area contributed by atoms with Gasteiger partial charge in [0.05, 0.1) is 0 Å². The van der Waals surface area contributed by atoms with Crippen molar-refractivity contribution in [3.05, 3.63) is 60.7 Å². The molecular weight excluding hydrogens is 500 g/mol. The van der Waals surface area contributed by atoms with E-state index in [1.54, 1.807) is 0 Å². The fraction of sp³-hybridized carbons (Fsp3) is 0. The smallest absolute Gasteiger partial charge is 0 e. The first-order chi connectivity index (χ1) is 5.97. The predicted octanol–water partition coefficient (Wildman–Crippen LogP) is 2.94. The number of benzene rings is 2. The average molecular weight is 508 g/mol.